The molecule has 284 valence electrons. The lowest BCUT2D eigenvalue weighted by atomic mass is 9.86. The molecule has 10 heteroatoms. The Morgan fingerprint density at radius 3 is 1.63 bits per heavy atom. The summed E-state index contributed by atoms with van der Waals surface area (Å²) < 4.78 is 18.4. The average molecular weight is 775 g/mol. The van der Waals surface area contributed by atoms with E-state index in [1.54, 1.807) is 6.07 Å². The SMILES string of the molecule is NC1=C(Cc2ccc(C(=O)OC(c3ccccc3)c3ccccc3)o2)C(C(=O)OC(c2ccccc2)c2ccccc2)N2C(=O)[C@@H](C(=O)Cc3ccccc3)[C@H]2S1. The lowest BCUT2D eigenvalue weighted by Gasteiger charge is -2.52. The Morgan fingerprint density at radius 1 is 0.649 bits per heavy atom. The molecule has 1 fully saturated rings. The van der Waals surface area contributed by atoms with Crippen molar-refractivity contribution < 1.29 is 33.1 Å². The first kappa shape index (κ1) is 37.3. The standard InChI is InChI=1S/C47H38N2O7S/c48-43-36(29-35-26-27-38(54-35)46(52)55-41(31-18-8-2-9-19-31)32-20-10-3-11-21-32)40(47(53)56-42(33-22-12-4-13-23-33)34-24-14-5-15-25-34)49-44(51)39(45(49)57-43)37(50)28-30-16-6-1-7-17-30/h1-27,39-42,45H,28-29,48H2/t39-,40?,45-/m1/s1. The zero-order valence-corrected chi connectivity index (χ0v) is 31.5. The molecule has 0 radical (unpaired) electrons. The van der Waals surface area contributed by atoms with Crippen molar-refractivity contribution in [3.05, 3.63) is 214 Å². The third kappa shape index (κ3) is 7.90. The number of benzene rings is 5. The number of nitrogens with zero attached hydrogens (tertiary/aromatic N) is 1. The molecule has 57 heavy (non-hydrogen) atoms. The van der Waals surface area contributed by atoms with Crippen LogP contribution in [0.15, 0.2) is 179 Å². The molecule has 2 N–H and O–H groups in total. The van der Waals surface area contributed by atoms with Crippen LogP contribution in [0.4, 0.5) is 0 Å². The minimum Gasteiger partial charge on any atom is -0.454 e. The molecule has 1 unspecified atom stereocenters. The summed E-state index contributed by atoms with van der Waals surface area (Å²) in [5.41, 5.74) is 11.0. The molecule has 8 rings (SSSR count). The molecule has 5 aromatic carbocycles. The van der Waals surface area contributed by atoms with Gasteiger partial charge >= 0.3 is 11.9 Å². The van der Waals surface area contributed by atoms with Crippen LogP contribution in [0.1, 0.15) is 56.3 Å². The van der Waals surface area contributed by atoms with Gasteiger partial charge in [0.05, 0.1) is 5.03 Å². The Kier molecular flexibility index (Phi) is 10.9. The van der Waals surface area contributed by atoms with Crippen molar-refractivity contribution in [1.82, 2.24) is 4.90 Å². The molecule has 0 bridgehead atoms. The van der Waals surface area contributed by atoms with Gasteiger partial charge in [0.1, 0.15) is 17.1 Å². The van der Waals surface area contributed by atoms with Crippen LogP contribution in [0.25, 0.3) is 0 Å². The first-order chi connectivity index (χ1) is 27.9. The van der Waals surface area contributed by atoms with Gasteiger partial charge < -0.3 is 24.5 Å². The summed E-state index contributed by atoms with van der Waals surface area (Å²) in [6, 6.07) is 48.6. The Labute approximate surface area is 334 Å². The number of ketones is 1. The van der Waals surface area contributed by atoms with Crippen LogP contribution in [0, 0.1) is 5.92 Å². The number of Topliss-reactive ketones (excluding diaryl/α,β-unsaturated/α-hetero) is 1. The molecular weight excluding hydrogens is 737 g/mol. The number of hydrogen-bond acceptors (Lipinski definition) is 9. The fourth-order valence-electron chi connectivity index (χ4n) is 7.32. The van der Waals surface area contributed by atoms with E-state index in [-0.39, 0.29) is 29.4 Å². The Bertz CT molecular complexity index is 2320. The van der Waals surface area contributed by atoms with Crippen LogP contribution in [0.5, 0.6) is 0 Å². The quantitative estimate of drug-likeness (QED) is 0.0706. The summed E-state index contributed by atoms with van der Waals surface area (Å²) in [4.78, 5) is 57.2. The summed E-state index contributed by atoms with van der Waals surface area (Å²) in [6.45, 7) is 0. The van der Waals surface area contributed by atoms with E-state index in [1.807, 2.05) is 152 Å². The van der Waals surface area contributed by atoms with Crippen LogP contribution in [-0.4, -0.2) is 39.9 Å². The second-order valence-corrected chi connectivity index (χ2v) is 15.0. The van der Waals surface area contributed by atoms with E-state index in [2.05, 4.69) is 0 Å². The highest BCUT2D eigenvalue weighted by Gasteiger charge is 2.59. The third-order valence-corrected chi connectivity index (χ3v) is 11.4. The van der Waals surface area contributed by atoms with E-state index in [0.29, 0.717) is 11.3 Å². The van der Waals surface area contributed by atoms with Gasteiger partial charge in [-0.05, 0) is 39.9 Å². The highest BCUT2D eigenvalue weighted by Crippen LogP contribution is 2.48. The zero-order valence-electron chi connectivity index (χ0n) is 30.7. The van der Waals surface area contributed by atoms with Crippen molar-refractivity contribution in [3.63, 3.8) is 0 Å². The molecule has 9 nitrogen and oxygen atoms in total. The van der Waals surface area contributed by atoms with Gasteiger partial charge in [0.2, 0.25) is 11.7 Å². The maximum Gasteiger partial charge on any atom is 0.375 e. The zero-order chi connectivity index (χ0) is 39.3. The van der Waals surface area contributed by atoms with Crippen molar-refractivity contribution in [2.24, 2.45) is 11.7 Å². The number of β-lactam (4-membered cyclic amide) rings is 1. The number of furan rings is 1. The van der Waals surface area contributed by atoms with E-state index in [1.165, 1.54) is 11.0 Å². The van der Waals surface area contributed by atoms with E-state index < -0.39 is 47.4 Å². The summed E-state index contributed by atoms with van der Waals surface area (Å²) in [6.07, 6.45) is -1.43. The van der Waals surface area contributed by atoms with Crippen molar-refractivity contribution in [2.45, 2.75) is 36.5 Å². The largest absolute Gasteiger partial charge is 0.454 e. The average Bonchev–Trinajstić information content (AvgIpc) is 3.73. The fraction of sp³-hybridized carbons (Fsp3) is 0.149. The van der Waals surface area contributed by atoms with Crippen molar-refractivity contribution in [1.29, 1.82) is 0 Å². The first-order valence-electron chi connectivity index (χ1n) is 18.6. The first-order valence-corrected chi connectivity index (χ1v) is 19.5. The highest BCUT2D eigenvalue weighted by atomic mass is 32.2. The third-order valence-electron chi connectivity index (χ3n) is 10.1. The number of thioether (sulfide) groups is 1. The molecule has 3 atom stereocenters. The number of nitrogens with two attached hydrogens (primary N) is 1. The molecule has 1 aromatic heterocycles. The van der Waals surface area contributed by atoms with Crippen molar-refractivity contribution in [3.8, 4) is 0 Å². The maximum atomic E-state index is 14.6. The van der Waals surface area contributed by atoms with E-state index >= 15 is 0 Å². The summed E-state index contributed by atoms with van der Waals surface area (Å²) in [5, 5.41) is -0.440. The summed E-state index contributed by atoms with van der Waals surface area (Å²) in [5.74, 6) is -2.83. The molecule has 3 heterocycles. The normalized spacial score (nSPS) is 17.5. The van der Waals surface area contributed by atoms with E-state index in [0.717, 1.165) is 39.6 Å². The van der Waals surface area contributed by atoms with Gasteiger partial charge in [-0.25, -0.2) is 9.59 Å². The number of carbonyl (C=O) groups excluding carboxylic acids is 4. The lowest BCUT2D eigenvalue weighted by molar-refractivity contribution is -0.169. The Hall–Kier alpha value is -6.65. The van der Waals surface area contributed by atoms with Gasteiger partial charge in [-0.2, -0.15) is 0 Å². The number of amides is 1. The highest BCUT2D eigenvalue weighted by molar-refractivity contribution is 8.03. The second kappa shape index (κ2) is 16.6. The predicted octanol–water partition coefficient (Wildman–Crippen LogP) is 7.98. The maximum absolute atomic E-state index is 14.6. The summed E-state index contributed by atoms with van der Waals surface area (Å²) in [7, 11) is 0. The van der Waals surface area contributed by atoms with Gasteiger partial charge in [0.25, 0.3) is 0 Å². The molecule has 1 amide bonds. The molecule has 2 aliphatic rings. The molecular formula is C47H38N2O7S. The van der Waals surface area contributed by atoms with Crippen molar-refractivity contribution in [2.75, 3.05) is 0 Å². The number of carbonyl (C=O) groups is 4. The van der Waals surface area contributed by atoms with Gasteiger partial charge in [-0.3, -0.25) is 9.59 Å². The van der Waals surface area contributed by atoms with E-state index in [9.17, 15) is 19.2 Å². The fourth-order valence-corrected chi connectivity index (χ4v) is 8.66. The van der Waals surface area contributed by atoms with Crippen LogP contribution in [0.2, 0.25) is 0 Å². The lowest BCUT2D eigenvalue weighted by Crippen LogP contribution is -2.69. The van der Waals surface area contributed by atoms with Gasteiger partial charge in [-0.15, -0.1) is 0 Å². The van der Waals surface area contributed by atoms with Crippen LogP contribution < -0.4 is 5.73 Å². The topological polar surface area (TPSA) is 129 Å². The number of rotatable bonds is 13. The van der Waals surface area contributed by atoms with E-state index in [4.69, 9.17) is 19.6 Å². The van der Waals surface area contributed by atoms with Crippen LogP contribution >= 0.6 is 11.8 Å². The van der Waals surface area contributed by atoms with Crippen LogP contribution in [-0.2, 0) is 36.7 Å². The smallest absolute Gasteiger partial charge is 0.375 e. The molecule has 0 spiro atoms. The molecule has 0 aliphatic carbocycles. The van der Waals surface area contributed by atoms with Crippen molar-refractivity contribution >= 4 is 35.4 Å². The Balaban J connectivity index is 1.09. The second-order valence-electron chi connectivity index (χ2n) is 13.8. The number of esters is 2. The van der Waals surface area contributed by atoms with Gasteiger partial charge in [0, 0.05) is 18.4 Å². The number of fused-ring (bicyclic) bond motifs is 1. The molecule has 0 saturated carbocycles. The summed E-state index contributed by atoms with van der Waals surface area (Å²) >= 11 is 1.16. The number of ether oxygens (including phenoxy) is 2. The van der Waals surface area contributed by atoms with Gasteiger partial charge in [-0.1, -0.05) is 163 Å². The minimum absolute atomic E-state index is 0.0207. The van der Waals surface area contributed by atoms with Crippen LogP contribution in [0.3, 0.4) is 0 Å². The molecule has 6 aromatic rings. The Morgan fingerprint density at radius 2 is 1.12 bits per heavy atom. The number of hydrogen-bond donors (Lipinski definition) is 1. The predicted molar refractivity (Wildman–Crippen MR) is 215 cm³/mol. The molecule has 1 saturated heterocycles. The minimum atomic E-state index is -1.26. The van der Waals surface area contributed by atoms with Gasteiger partial charge in [0.15, 0.2) is 24.0 Å². The molecule has 2 aliphatic heterocycles. The monoisotopic (exact) mass is 774 g/mol.